The minimum atomic E-state index is -2.11. The Bertz CT molecular complexity index is 1640. The van der Waals surface area contributed by atoms with Crippen LogP contribution in [0.25, 0.3) is 0 Å². The number of carbonyl (C=O) groups excluding carboxylic acids is 2. The summed E-state index contributed by atoms with van der Waals surface area (Å²) in [6.07, 6.45) is 1.52. The van der Waals surface area contributed by atoms with Crippen molar-refractivity contribution in [3.05, 3.63) is 156 Å². The maximum Gasteiger partial charge on any atom is 0.308 e. The predicted molar refractivity (Wildman–Crippen MR) is 185 cm³/mol. The molecule has 234 valence electrons. The van der Waals surface area contributed by atoms with Crippen molar-refractivity contribution in [3.63, 3.8) is 0 Å². The van der Waals surface area contributed by atoms with Crippen LogP contribution in [0.4, 0.5) is 5.69 Å². The predicted octanol–water partition coefficient (Wildman–Crippen LogP) is 3.11. The van der Waals surface area contributed by atoms with Crippen LogP contribution < -0.4 is 38.2 Å². The first-order chi connectivity index (χ1) is 22.1. The molecule has 0 spiro atoms. The molecule has 5 nitrogen and oxygen atoms in total. The van der Waals surface area contributed by atoms with Gasteiger partial charge in [0.2, 0.25) is 5.91 Å². The van der Waals surface area contributed by atoms with Crippen molar-refractivity contribution in [1.82, 2.24) is 4.90 Å². The maximum absolute atomic E-state index is 13.8. The second-order valence-corrected chi connectivity index (χ2v) is 14.9. The lowest BCUT2D eigenvalue weighted by Gasteiger charge is -2.28. The van der Waals surface area contributed by atoms with Crippen molar-refractivity contribution in [3.8, 4) is 0 Å². The van der Waals surface area contributed by atoms with Gasteiger partial charge in [-0.25, -0.2) is 0 Å². The molecule has 0 saturated carbocycles. The molecule has 0 unspecified atom stereocenters. The summed E-state index contributed by atoms with van der Waals surface area (Å²) in [4.78, 5) is 28.1. The molecule has 46 heavy (non-hydrogen) atoms. The average molecular weight is 694 g/mol. The molecule has 1 aliphatic rings. The molecule has 1 heterocycles. The number of esters is 1. The average Bonchev–Trinajstić information content (AvgIpc) is 3.23. The number of rotatable bonds is 10. The van der Waals surface area contributed by atoms with E-state index in [-0.39, 0.29) is 29.3 Å². The monoisotopic (exact) mass is 692 g/mol. The van der Waals surface area contributed by atoms with Crippen LogP contribution in [0.2, 0.25) is 0 Å². The van der Waals surface area contributed by atoms with Crippen LogP contribution in [-0.4, -0.2) is 36.5 Å². The fraction of sp³-hybridized carbons (Fsp3) is 0.179. The Morgan fingerprint density at radius 1 is 0.761 bits per heavy atom. The van der Waals surface area contributed by atoms with Gasteiger partial charge in [0.25, 0.3) is 0 Å². The van der Waals surface area contributed by atoms with Crippen LogP contribution in [0.1, 0.15) is 23.1 Å². The summed E-state index contributed by atoms with van der Waals surface area (Å²) in [6, 6.07) is 48.5. The van der Waals surface area contributed by atoms with Gasteiger partial charge in [0.05, 0.1) is 19.7 Å². The van der Waals surface area contributed by atoms with Crippen molar-refractivity contribution >= 4 is 40.7 Å². The van der Waals surface area contributed by atoms with Crippen LogP contribution in [0.15, 0.2) is 140 Å². The number of methoxy groups -OCH3 is 1. The van der Waals surface area contributed by atoms with Gasteiger partial charge in [0, 0.05) is 18.8 Å². The summed E-state index contributed by atoms with van der Waals surface area (Å²) < 4.78 is 4.99. The third-order valence-electron chi connectivity index (χ3n) is 8.60. The Kier molecular flexibility index (Phi) is 11.1. The van der Waals surface area contributed by atoms with E-state index in [1.165, 1.54) is 34.2 Å². The molecule has 0 saturated heterocycles. The molecule has 5 aromatic rings. The molecule has 1 aliphatic heterocycles. The van der Waals surface area contributed by atoms with Gasteiger partial charge >= 0.3 is 5.97 Å². The summed E-state index contributed by atoms with van der Waals surface area (Å²) in [5.74, 6) is -0.501. The van der Waals surface area contributed by atoms with Gasteiger partial charge in [-0.1, -0.05) is 97.1 Å². The first kappa shape index (κ1) is 33.1. The molecule has 0 aromatic heterocycles. The van der Waals surface area contributed by atoms with E-state index in [1.54, 1.807) is 0 Å². The molecule has 0 radical (unpaired) electrons. The summed E-state index contributed by atoms with van der Waals surface area (Å²) in [7, 11) is -0.749. The fourth-order valence-corrected chi connectivity index (χ4v) is 10.5. The summed E-state index contributed by atoms with van der Waals surface area (Å²) in [5.41, 5.74) is 4.28. The summed E-state index contributed by atoms with van der Waals surface area (Å²) in [6.45, 7) is 1.04. The number of hydrogen-bond donors (Lipinski definition) is 1. The van der Waals surface area contributed by atoms with Gasteiger partial charge in [0.1, 0.15) is 29.2 Å². The quantitative estimate of drug-likeness (QED) is 0.181. The Labute approximate surface area is 282 Å². The highest BCUT2D eigenvalue weighted by molar-refractivity contribution is 7.95. The van der Waals surface area contributed by atoms with Crippen molar-refractivity contribution < 1.29 is 31.3 Å². The van der Waals surface area contributed by atoms with E-state index in [0.717, 1.165) is 23.8 Å². The van der Waals surface area contributed by atoms with Crippen molar-refractivity contribution in [2.45, 2.75) is 31.6 Å². The SMILES string of the molecule is COC(=O)C[C@H]1Nc2cc(C[P+](c3ccccc3)(c3ccccc3)c3ccccc3)ccc2CN(CCc2ccccc2)C1=O.[Br-]. The minimum Gasteiger partial charge on any atom is -1.00 e. The summed E-state index contributed by atoms with van der Waals surface area (Å²) in [5, 5.41) is 7.42. The van der Waals surface area contributed by atoms with Crippen LogP contribution >= 0.6 is 7.26 Å². The summed E-state index contributed by atoms with van der Waals surface area (Å²) >= 11 is 0. The molecule has 1 N–H and O–H groups in total. The third kappa shape index (κ3) is 7.25. The van der Waals surface area contributed by atoms with Gasteiger partial charge in [-0.3, -0.25) is 9.59 Å². The van der Waals surface area contributed by atoms with Crippen molar-refractivity contribution in [2.75, 3.05) is 19.0 Å². The van der Waals surface area contributed by atoms with Crippen LogP contribution in [-0.2, 0) is 33.5 Å². The zero-order valence-electron chi connectivity index (χ0n) is 25.9. The molecule has 1 amide bonds. The topological polar surface area (TPSA) is 58.6 Å². The minimum absolute atomic E-state index is 0. The number of anilines is 1. The zero-order chi connectivity index (χ0) is 31.1. The lowest BCUT2D eigenvalue weighted by molar-refractivity contribution is -0.144. The smallest absolute Gasteiger partial charge is 0.308 e. The normalized spacial score (nSPS) is 14.3. The second kappa shape index (κ2) is 15.4. The number of benzene rings is 5. The van der Waals surface area contributed by atoms with Crippen molar-refractivity contribution in [2.24, 2.45) is 0 Å². The first-order valence-corrected chi connectivity index (χ1v) is 17.4. The number of halogens is 1. The molecule has 5 aromatic carbocycles. The van der Waals surface area contributed by atoms with E-state index in [9.17, 15) is 9.59 Å². The highest BCUT2D eigenvalue weighted by atomic mass is 79.9. The highest BCUT2D eigenvalue weighted by Gasteiger charge is 2.45. The van der Waals surface area contributed by atoms with Gasteiger partial charge in [-0.15, -0.1) is 0 Å². The number of ether oxygens (including phenoxy) is 1. The molecular formula is C39H38BrN2O3P. The van der Waals surface area contributed by atoms with E-state index in [4.69, 9.17) is 4.74 Å². The van der Waals surface area contributed by atoms with Gasteiger partial charge in [-0.05, 0) is 65.6 Å². The first-order valence-electron chi connectivity index (χ1n) is 15.4. The second-order valence-electron chi connectivity index (χ2n) is 11.4. The fourth-order valence-electron chi connectivity index (χ4n) is 6.28. The molecule has 0 fully saturated rings. The number of nitrogens with one attached hydrogen (secondary N) is 1. The van der Waals surface area contributed by atoms with Gasteiger partial charge in [0.15, 0.2) is 0 Å². The maximum atomic E-state index is 13.8. The Hall–Kier alpha value is -4.25. The highest BCUT2D eigenvalue weighted by Crippen LogP contribution is 2.58. The van der Waals surface area contributed by atoms with E-state index in [0.29, 0.717) is 13.1 Å². The largest absolute Gasteiger partial charge is 1.00 e. The molecule has 0 aliphatic carbocycles. The number of hydrogen-bond acceptors (Lipinski definition) is 4. The number of carbonyl (C=O) groups is 2. The van der Waals surface area contributed by atoms with Gasteiger partial charge < -0.3 is 31.9 Å². The van der Waals surface area contributed by atoms with Crippen LogP contribution in [0.3, 0.4) is 0 Å². The third-order valence-corrected chi connectivity index (χ3v) is 13.0. The van der Waals surface area contributed by atoms with Crippen molar-refractivity contribution in [1.29, 1.82) is 0 Å². The lowest BCUT2D eigenvalue weighted by atomic mass is 10.1. The molecule has 0 bridgehead atoms. The standard InChI is InChI=1S/C39H38N2O3P.BrH/c1-44-38(42)27-37-39(43)41(25-24-30-14-6-2-7-15-30)28-32-23-22-31(26-36(32)40-37)29-45(33-16-8-3-9-17-33,34-18-10-4-11-19-34)35-20-12-5-13-21-35;/h2-23,26,37,40H,24-25,27-29H2,1H3;1H/q+1;/p-1/t37-;/m1./s1. The van der Waals surface area contributed by atoms with E-state index in [1.807, 2.05) is 23.1 Å². The van der Waals surface area contributed by atoms with E-state index in [2.05, 4.69) is 127 Å². The van der Waals surface area contributed by atoms with Crippen LogP contribution in [0.5, 0.6) is 0 Å². The van der Waals surface area contributed by atoms with E-state index >= 15 is 0 Å². The Balaban J connectivity index is 0.00000417. The molecule has 6 rings (SSSR count). The molecule has 7 heteroatoms. The zero-order valence-corrected chi connectivity index (χ0v) is 28.4. The van der Waals surface area contributed by atoms with E-state index < -0.39 is 19.3 Å². The number of fused-ring (bicyclic) bond motifs is 1. The Morgan fingerprint density at radius 3 is 1.80 bits per heavy atom. The Morgan fingerprint density at radius 2 is 1.28 bits per heavy atom. The molecular weight excluding hydrogens is 655 g/mol. The molecule has 1 atom stereocenters. The number of amides is 1. The number of nitrogens with zero attached hydrogens (tertiary/aromatic N) is 1. The van der Waals surface area contributed by atoms with Gasteiger partial charge in [-0.2, -0.15) is 0 Å². The van der Waals surface area contributed by atoms with Crippen LogP contribution in [0, 0.1) is 0 Å². The lowest BCUT2D eigenvalue weighted by Crippen LogP contribution is -3.00.